The van der Waals surface area contributed by atoms with Gasteiger partial charge in [-0.25, -0.2) is 0 Å². The lowest BCUT2D eigenvalue weighted by atomic mass is 10.3. The van der Waals surface area contributed by atoms with E-state index in [0.717, 1.165) is 48.9 Å². The van der Waals surface area contributed by atoms with Gasteiger partial charge in [0.15, 0.2) is 0 Å². The number of carbonyl (C=O) groups excluding carboxylic acids is 2. The Balaban J connectivity index is 2.15. The monoisotopic (exact) mass is 438 g/mol. The Labute approximate surface area is 176 Å². The third-order valence-electron chi connectivity index (χ3n) is 3.76. The van der Waals surface area contributed by atoms with Crippen molar-refractivity contribution in [1.82, 2.24) is 10.6 Å². The van der Waals surface area contributed by atoms with E-state index in [1.807, 2.05) is 23.5 Å². The van der Waals surface area contributed by atoms with E-state index in [4.69, 9.17) is 0 Å². The van der Waals surface area contributed by atoms with Crippen LogP contribution in [0.5, 0.6) is 0 Å². The molecule has 8 heteroatoms. The summed E-state index contributed by atoms with van der Waals surface area (Å²) in [5.74, 6) is 7.99. The molecule has 0 bridgehead atoms. The van der Waals surface area contributed by atoms with E-state index >= 15 is 0 Å². The highest BCUT2D eigenvalue weighted by atomic mass is 32.2. The Kier molecular flexibility index (Phi) is 17.5. The molecule has 1 aliphatic rings. The molecular weight excluding hydrogens is 404 g/mol. The van der Waals surface area contributed by atoms with Gasteiger partial charge in [0.25, 0.3) is 0 Å². The standard InChI is InChI=1S/C18H34N2O2S4/c21-17-15-25-11-5-2-6-12-26-16-18(22)20-8-14-24-10-4-1-3-9-23-13-7-19-17/h1-16H2,(H,19,21)(H,20,22). The van der Waals surface area contributed by atoms with Gasteiger partial charge in [-0.3, -0.25) is 9.59 Å². The minimum Gasteiger partial charge on any atom is -0.355 e. The molecule has 1 saturated heterocycles. The molecule has 152 valence electrons. The molecule has 0 aromatic carbocycles. The lowest BCUT2D eigenvalue weighted by Gasteiger charge is -2.07. The lowest BCUT2D eigenvalue weighted by Crippen LogP contribution is -2.27. The molecular formula is C18H34N2O2S4. The normalized spacial score (nSPS) is 22.6. The van der Waals surface area contributed by atoms with E-state index in [9.17, 15) is 9.59 Å². The maximum absolute atomic E-state index is 11.7. The van der Waals surface area contributed by atoms with Gasteiger partial charge >= 0.3 is 0 Å². The third-order valence-corrected chi connectivity index (χ3v) is 7.99. The Morgan fingerprint density at radius 2 is 0.885 bits per heavy atom. The summed E-state index contributed by atoms with van der Waals surface area (Å²) in [6, 6.07) is 0. The molecule has 1 heterocycles. The first-order chi connectivity index (χ1) is 12.8. The Morgan fingerprint density at radius 3 is 1.31 bits per heavy atom. The molecule has 2 amide bonds. The minimum absolute atomic E-state index is 0.170. The molecule has 4 nitrogen and oxygen atoms in total. The summed E-state index contributed by atoms with van der Waals surface area (Å²) in [6.07, 6.45) is 7.25. The SMILES string of the molecule is O=C1CSCCCCCSCC(=O)NCCSCCCCCSCCN1. The van der Waals surface area contributed by atoms with E-state index in [1.54, 1.807) is 23.5 Å². The van der Waals surface area contributed by atoms with Gasteiger partial charge in [-0.05, 0) is 48.7 Å². The van der Waals surface area contributed by atoms with Gasteiger partial charge in [0.05, 0.1) is 11.5 Å². The summed E-state index contributed by atoms with van der Waals surface area (Å²) in [7, 11) is 0. The summed E-state index contributed by atoms with van der Waals surface area (Å²) in [5, 5.41) is 6.02. The Bertz CT molecular complexity index is 341. The zero-order chi connectivity index (χ0) is 18.7. The molecule has 0 atom stereocenters. The number of carbonyl (C=O) groups is 2. The maximum Gasteiger partial charge on any atom is 0.230 e. The van der Waals surface area contributed by atoms with Crippen LogP contribution in [0.3, 0.4) is 0 Å². The molecule has 0 saturated carbocycles. The van der Waals surface area contributed by atoms with Gasteiger partial charge in [0, 0.05) is 24.6 Å². The van der Waals surface area contributed by atoms with Crippen molar-refractivity contribution < 1.29 is 9.59 Å². The first-order valence-electron chi connectivity index (χ1n) is 9.63. The molecule has 0 spiro atoms. The molecule has 2 N–H and O–H groups in total. The first-order valence-corrected chi connectivity index (χ1v) is 14.3. The maximum atomic E-state index is 11.7. The molecule has 0 aliphatic carbocycles. The lowest BCUT2D eigenvalue weighted by molar-refractivity contribution is -0.119. The number of rotatable bonds is 0. The minimum atomic E-state index is 0.170. The average molecular weight is 439 g/mol. The number of hydrogen-bond donors (Lipinski definition) is 2. The van der Waals surface area contributed by atoms with Crippen molar-refractivity contribution in [2.75, 3.05) is 59.1 Å². The second kappa shape index (κ2) is 18.7. The fourth-order valence-electron chi connectivity index (χ4n) is 2.33. The quantitative estimate of drug-likeness (QED) is 0.604. The highest BCUT2D eigenvalue weighted by Gasteiger charge is 2.03. The van der Waals surface area contributed by atoms with Crippen LogP contribution < -0.4 is 10.6 Å². The highest BCUT2D eigenvalue weighted by Crippen LogP contribution is 2.11. The van der Waals surface area contributed by atoms with Crippen LogP contribution >= 0.6 is 47.0 Å². The topological polar surface area (TPSA) is 58.2 Å². The van der Waals surface area contributed by atoms with Crippen LogP contribution in [0.4, 0.5) is 0 Å². The summed E-state index contributed by atoms with van der Waals surface area (Å²) < 4.78 is 0. The van der Waals surface area contributed by atoms with Crippen LogP contribution in [0.1, 0.15) is 38.5 Å². The van der Waals surface area contributed by atoms with Gasteiger partial charge in [-0.1, -0.05) is 12.8 Å². The number of amides is 2. The van der Waals surface area contributed by atoms with Crippen molar-refractivity contribution in [2.24, 2.45) is 0 Å². The van der Waals surface area contributed by atoms with Crippen LogP contribution in [0, 0.1) is 0 Å². The van der Waals surface area contributed by atoms with E-state index in [2.05, 4.69) is 10.6 Å². The van der Waals surface area contributed by atoms with Gasteiger partial charge in [-0.15, -0.1) is 0 Å². The fourth-order valence-corrected chi connectivity index (χ4v) is 5.73. The van der Waals surface area contributed by atoms with Crippen LogP contribution in [0.2, 0.25) is 0 Å². The van der Waals surface area contributed by atoms with Gasteiger partial charge in [0.2, 0.25) is 11.8 Å². The van der Waals surface area contributed by atoms with Crippen LogP contribution in [-0.4, -0.2) is 70.9 Å². The van der Waals surface area contributed by atoms with Crippen molar-refractivity contribution >= 4 is 58.9 Å². The van der Waals surface area contributed by atoms with Crippen molar-refractivity contribution in [1.29, 1.82) is 0 Å². The molecule has 0 radical (unpaired) electrons. The predicted molar refractivity (Wildman–Crippen MR) is 123 cm³/mol. The average Bonchev–Trinajstić information content (AvgIpc) is 2.63. The first kappa shape index (κ1) is 24.4. The fraction of sp³-hybridized carbons (Fsp3) is 0.889. The molecule has 0 aromatic heterocycles. The van der Waals surface area contributed by atoms with Gasteiger partial charge in [-0.2, -0.15) is 47.0 Å². The number of nitrogens with one attached hydrogen (secondary N) is 2. The second-order valence-electron chi connectivity index (χ2n) is 6.15. The number of hydrogen-bond acceptors (Lipinski definition) is 6. The summed E-state index contributed by atoms with van der Waals surface area (Å²) in [6.45, 7) is 1.59. The van der Waals surface area contributed by atoms with E-state index < -0.39 is 0 Å². The predicted octanol–water partition coefficient (Wildman–Crippen LogP) is 3.51. The van der Waals surface area contributed by atoms with Crippen LogP contribution in [0.15, 0.2) is 0 Å². The van der Waals surface area contributed by atoms with E-state index in [1.165, 1.54) is 37.2 Å². The smallest absolute Gasteiger partial charge is 0.230 e. The van der Waals surface area contributed by atoms with Crippen LogP contribution in [-0.2, 0) is 9.59 Å². The second-order valence-corrected chi connectivity index (χ2v) is 10.8. The zero-order valence-electron chi connectivity index (χ0n) is 15.8. The largest absolute Gasteiger partial charge is 0.355 e. The highest BCUT2D eigenvalue weighted by molar-refractivity contribution is 8.00. The molecule has 1 rings (SSSR count). The third kappa shape index (κ3) is 16.5. The van der Waals surface area contributed by atoms with E-state index in [-0.39, 0.29) is 11.8 Å². The zero-order valence-corrected chi connectivity index (χ0v) is 19.0. The van der Waals surface area contributed by atoms with Crippen molar-refractivity contribution in [2.45, 2.75) is 38.5 Å². The Hall–Kier alpha value is 0.340. The van der Waals surface area contributed by atoms with Crippen LogP contribution in [0.25, 0.3) is 0 Å². The molecule has 0 unspecified atom stereocenters. The van der Waals surface area contributed by atoms with Crippen molar-refractivity contribution in [3.05, 3.63) is 0 Å². The number of thioether (sulfide) groups is 4. The summed E-state index contributed by atoms with van der Waals surface area (Å²) in [4.78, 5) is 23.5. The molecule has 0 aromatic rings. The van der Waals surface area contributed by atoms with Crippen molar-refractivity contribution in [3.8, 4) is 0 Å². The summed E-state index contributed by atoms with van der Waals surface area (Å²) in [5.41, 5.74) is 0. The van der Waals surface area contributed by atoms with Crippen molar-refractivity contribution in [3.63, 3.8) is 0 Å². The van der Waals surface area contributed by atoms with Gasteiger partial charge in [0.1, 0.15) is 0 Å². The molecule has 1 fully saturated rings. The molecule has 1 aliphatic heterocycles. The van der Waals surface area contributed by atoms with E-state index in [0.29, 0.717) is 11.5 Å². The molecule has 26 heavy (non-hydrogen) atoms. The van der Waals surface area contributed by atoms with Gasteiger partial charge < -0.3 is 10.6 Å². The Morgan fingerprint density at radius 1 is 0.500 bits per heavy atom. The summed E-state index contributed by atoms with van der Waals surface area (Å²) >= 11 is 7.33.